The Hall–Kier alpha value is -2.86. The fraction of sp³-hybridized carbons (Fsp3) is 0.286. The molecule has 6 nitrogen and oxygen atoms in total. The molecule has 2 aromatic rings. The predicted molar refractivity (Wildman–Crippen MR) is 107 cm³/mol. The molecule has 0 radical (unpaired) electrons. The number of carbonyl (C=O) groups is 3. The molecule has 0 bridgehead atoms. The summed E-state index contributed by atoms with van der Waals surface area (Å²) in [4.78, 5) is 36.0. The van der Waals surface area contributed by atoms with Crippen LogP contribution in [0.1, 0.15) is 34.3 Å². The van der Waals surface area contributed by atoms with Crippen molar-refractivity contribution in [2.45, 2.75) is 26.7 Å². The van der Waals surface area contributed by atoms with Crippen LogP contribution in [0.25, 0.3) is 0 Å². The molecular formula is C21H22ClNO5. The molecule has 28 heavy (non-hydrogen) atoms. The lowest BCUT2D eigenvalue weighted by Gasteiger charge is -2.11. The van der Waals surface area contributed by atoms with E-state index >= 15 is 0 Å². The third kappa shape index (κ3) is 6.09. The highest BCUT2D eigenvalue weighted by Gasteiger charge is 2.14. The van der Waals surface area contributed by atoms with E-state index in [0.29, 0.717) is 22.0 Å². The summed E-state index contributed by atoms with van der Waals surface area (Å²) in [6.07, 6.45) is -0.0788. The highest BCUT2D eigenvalue weighted by molar-refractivity contribution is 6.31. The largest absolute Gasteiger partial charge is 0.495 e. The topological polar surface area (TPSA) is 81.7 Å². The summed E-state index contributed by atoms with van der Waals surface area (Å²) in [6, 6.07) is 10.2. The molecule has 0 unspecified atom stereocenters. The van der Waals surface area contributed by atoms with E-state index in [1.165, 1.54) is 13.2 Å². The molecule has 0 saturated carbocycles. The second-order valence-electron chi connectivity index (χ2n) is 6.28. The molecule has 0 atom stereocenters. The summed E-state index contributed by atoms with van der Waals surface area (Å²) < 4.78 is 10.1. The molecule has 7 heteroatoms. The van der Waals surface area contributed by atoms with E-state index in [1.54, 1.807) is 24.3 Å². The van der Waals surface area contributed by atoms with Gasteiger partial charge in [0.1, 0.15) is 5.75 Å². The van der Waals surface area contributed by atoms with Crippen molar-refractivity contribution in [1.82, 2.24) is 0 Å². The quantitative estimate of drug-likeness (QED) is 0.529. The lowest BCUT2D eigenvalue weighted by molar-refractivity contribution is -0.147. The summed E-state index contributed by atoms with van der Waals surface area (Å²) in [7, 11) is 1.46. The highest BCUT2D eigenvalue weighted by atomic mass is 35.5. The normalized spacial score (nSPS) is 10.3. The average Bonchev–Trinajstić information content (AvgIpc) is 2.66. The maximum absolute atomic E-state index is 12.2. The Kier molecular flexibility index (Phi) is 7.58. The third-order valence-electron chi connectivity index (χ3n) is 4.18. The fourth-order valence-electron chi connectivity index (χ4n) is 2.46. The number of ketones is 1. The van der Waals surface area contributed by atoms with Crippen LogP contribution in [0.4, 0.5) is 5.69 Å². The van der Waals surface area contributed by atoms with Crippen LogP contribution >= 0.6 is 11.6 Å². The Morgan fingerprint density at radius 2 is 1.75 bits per heavy atom. The SMILES string of the molecule is COc1ccc(Cl)cc1NC(=O)COC(=O)CCC(=O)c1ccc(C)c(C)c1. The molecule has 0 saturated heterocycles. The van der Waals surface area contributed by atoms with Crippen LogP contribution < -0.4 is 10.1 Å². The Balaban J connectivity index is 1.80. The van der Waals surface area contributed by atoms with Gasteiger partial charge in [-0.3, -0.25) is 14.4 Å². The van der Waals surface area contributed by atoms with Crippen LogP contribution in [-0.4, -0.2) is 31.4 Å². The van der Waals surface area contributed by atoms with Gasteiger partial charge < -0.3 is 14.8 Å². The van der Waals surface area contributed by atoms with E-state index in [4.69, 9.17) is 21.1 Å². The molecule has 0 fully saturated rings. The number of anilines is 1. The maximum Gasteiger partial charge on any atom is 0.306 e. The minimum Gasteiger partial charge on any atom is -0.495 e. The zero-order chi connectivity index (χ0) is 20.7. The highest BCUT2D eigenvalue weighted by Crippen LogP contribution is 2.27. The van der Waals surface area contributed by atoms with E-state index in [0.717, 1.165) is 11.1 Å². The molecule has 0 aliphatic carbocycles. The first kappa shape index (κ1) is 21.4. The number of benzene rings is 2. The summed E-state index contributed by atoms with van der Waals surface area (Å²) >= 11 is 5.90. The van der Waals surface area contributed by atoms with Crippen molar-refractivity contribution in [2.75, 3.05) is 19.0 Å². The van der Waals surface area contributed by atoms with E-state index < -0.39 is 18.5 Å². The Morgan fingerprint density at radius 1 is 1.00 bits per heavy atom. The first-order valence-electron chi connectivity index (χ1n) is 8.69. The number of amides is 1. The minimum atomic E-state index is -0.620. The number of esters is 1. The number of ether oxygens (including phenoxy) is 2. The van der Waals surface area contributed by atoms with Crippen LogP contribution in [0.15, 0.2) is 36.4 Å². The second-order valence-corrected chi connectivity index (χ2v) is 6.71. The van der Waals surface area contributed by atoms with Gasteiger partial charge in [-0.05, 0) is 49.2 Å². The maximum atomic E-state index is 12.2. The molecule has 0 heterocycles. The molecule has 0 aliphatic rings. The van der Waals surface area contributed by atoms with Gasteiger partial charge in [-0.25, -0.2) is 0 Å². The zero-order valence-corrected chi connectivity index (χ0v) is 16.8. The number of halogens is 1. The number of nitrogens with one attached hydrogen (secondary N) is 1. The van der Waals surface area contributed by atoms with Gasteiger partial charge in [0.05, 0.1) is 19.2 Å². The van der Waals surface area contributed by atoms with E-state index in [9.17, 15) is 14.4 Å². The van der Waals surface area contributed by atoms with Crippen LogP contribution in [0.2, 0.25) is 5.02 Å². The first-order valence-corrected chi connectivity index (χ1v) is 9.07. The minimum absolute atomic E-state index is 0.0189. The molecule has 2 rings (SSSR count). The van der Waals surface area contributed by atoms with Crippen LogP contribution in [-0.2, 0) is 14.3 Å². The second kappa shape index (κ2) is 9.90. The van der Waals surface area contributed by atoms with E-state index in [2.05, 4.69) is 5.32 Å². The van der Waals surface area contributed by atoms with Gasteiger partial charge >= 0.3 is 5.97 Å². The van der Waals surface area contributed by atoms with Gasteiger partial charge in [0.2, 0.25) is 0 Å². The Bertz CT molecular complexity index is 894. The van der Waals surface area contributed by atoms with Gasteiger partial charge in [0.25, 0.3) is 5.91 Å². The number of hydrogen-bond donors (Lipinski definition) is 1. The number of hydrogen-bond acceptors (Lipinski definition) is 5. The van der Waals surface area contributed by atoms with Gasteiger partial charge in [-0.15, -0.1) is 0 Å². The Labute approximate surface area is 168 Å². The van der Waals surface area contributed by atoms with Crippen LogP contribution in [0, 0.1) is 13.8 Å². The van der Waals surface area contributed by atoms with Gasteiger partial charge in [0.15, 0.2) is 12.4 Å². The van der Waals surface area contributed by atoms with Crippen LogP contribution in [0.3, 0.4) is 0 Å². The number of Topliss-reactive ketones (excluding diaryl/α,β-unsaturated/α-hetero) is 1. The molecule has 148 valence electrons. The van der Waals surface area contributed by atoms with Crippen molar-refractivity contribution in [3.63, 3.8) is 0 Å². The smallest absolute Gasteiger partial charge is 0.306 e. The molecule has 2 aromatic carbocycles. The molecular weight excluding hydrogens is 382 g/mol. The number of rotatable bonds is 8. The summed E-state index contributed by atoms with van der Waals surface area (Å²) in [6.45, 7) is 3.42. The van der Waals surface area contributed by atoms with E-state index in [-0.39, 0.29) is 18.6 Å². The molecule has 1 amide bonds. The summed E-state index contributed by atoms with van der Waals surface area (Å²) in [5.41, 5.74) is 3.04. The zero-order valence-electron chi connectivity index (χ0n) is 16.0. The predicted octanol–water partition coefficient (Wildman–Crippen LogP) is 4.11. The van der Waals surface area contributed by atoms with Crippen LogP contribution in [0.5, 0.6) is 5.75 Å². The number of aryl methyl sites for hydroxylation is 2. The molecule has 0 spiro atoms. The average molecular weight is 404 g/mol. The van der Waals surface area contributed by atoms with Gasteiger partial charge in [-0.2, -0.15) is 0 Å². The van der Waals surface area contributed by atoms with Crippen molar-refractivity contribution in [2.24, 2.45) is 0 Å². The number of carbonyl (C=O) groups excluding carboxylic acids is 3. The van der Waals surface area contributed by atoms with Crippen molar-refractivity contribution in [1.29, 1.82) is 0 Å². The molecule has 0 aliphatic heterocycles. The van der Waals surface area contributed by atoms with Gasteiger partial charge in [-0.1, -0.05) is 23.7 Å². The number of methoxy groups -OCH3 is 1. The molecule has 1 N–H and O–H groups in total. The van der Waals surface area contributed by atoms with Crippen molar-refractivity contribution in [3.8, 4) is 5.75 Å². The summed E-state index contributed by atoms with van der Waals surface area (Å²) in [5.74, 6) is -0.865. The fourth-order valence-corrected chi connectivity index (χ4v) is 2.63. The van der Waals surface area contributed by atoms with Crippen molar-refractivity contribution >= 4 is 34.9 Å². The van der Waals surface area contributed by atoms with E-state index in [1.807, 2.05) is 19.9 Å². The first-order chi connectivity index (χ1) is 13.3. The monoisotopic (exact) mass is 403 g/mol. The van der Waals surface area contributed by atoms with Gasteiger partial charge in [0, 0.05) is 17.0 Å². The molecule has 0 aromatic heterocycles. The summed E-state index contributed by atoms with van der Waals surface area (Å²) in [5, 5.41) is 3.00. The third-order valence-corrected chi connectivity index (χ3v) is 4.42. The van der Waals surface area contributed by atoms with Crippen molar-refractivity contribution in [3.05, 3.63) is 58.1 Å². The Morgan fingerprint density at radius 3 is 2.43 bits per heavy atom. The van der Waals surface area contributed by atoms with Crippen molar-refractivity contribution < 1.29 is 23.9 Å². The standard InChI is InChI=1S/C21H22ClNO5/c1-13-4-5-15(10-14(13)2)18(24)7-9-21(26)28-12-20(25)23-17-11-16(22)6-8-19(17)27-3/h4-6,8,10-11H,7,9,12H2,1-3H3,(H,23,25). The lowest BCUT2D eigenvalue weighted by atomic mass is 10.0. The lowest BCUT2D eigenvalue weighted by Crippen LogP contribution is -2.21.